The van der Waals surface area contributed by atoms with Gasteiger partial charge in [-0.25, -0.2) is 4.79 Å². The molecule has 1 aromatic heterocycles. The van der Waals surface area contributed by atoms with Gasteiger partial charge in [-0.1, -0.05) is 78.9 Å². The standard InChI is InChI=1S/C34H35N5O3/c35-28-13-7-12-25(17-28)21-38-30(18-23-8-3-1-4-9-23)32(40)33(41)31(19-24-10-5-2-6-11-24)39(34(38)42)22-26-14-15-29-27(16-26)20-36-37-29/h1-17,20,30-33,40-41H,18-19,21-22,35H2,(H,36,37). The minimum Gasteiger partial charge on any atom is -0.399 e. The molecule has 42 heavy (non-hydrogen) atoms. The Morgan fingerprint density at radius 2 is 1.24 bits per heavy atom. The molecule has 4 unspecified atom stereocenters. The molecule has 214 valence electrons. The molecule has 8 nitrogen and oxygen atoms in total. The van der Waals surface area contributed by atoms with Crippen molar-refractivity contribution < 1.29 is 15.0 Å². The van der Waals surface area contributed by atoms with E-state index in [4.69, 9.17) is 5.73 Å². The molecule has 0 spiro atoms. The van der Waals surface area contributed by atoms with Crippen molar-refractivity contribution in [1.29, 1.82) is 0 Å². The van der Waals surface area contributed by atoms with Crippen molar-refractivity contribution in [2.75, 3.05) is 5.73 Å². The van der Waals surface area contributed by atoms with E-state index in [9.17, 15) is 15.0 Å². The van der Waals surface area contributed by atoms with Crippen LogP contribution in [0.1, 0.15) is 22.3 Å². The van der Waals surface area contributed by atoms with E-state index in [0.717, 1.165) is 33.2 Å². The highest BCUT2D eigenvalue weighted by Gasteiger charge is 2.46. The van der Waals surface area contributed by atoms with Crippen molar-refractivity contribution in [2.24, 2.45) is 0 Å². The van der Waals surface area contributed by atoms with Crippen LogP contribution in [0.4, 0.5) is 10.5 Å². The average Bonchev–Trinajstić information content (AvgIpc) is 3.47. The lowest BCUT2D eigenvalue weighted by atomic mass is 9.91. The van der Waals surface area contributed by atoms with E-state index >= 15 is 0 Å². The van der Waals surface area contributed by atoms with E-state index in [1.54, 1.807) is 16.0 Å². The van der Waals surface area contributed by atoms with E-state index in [0.29, 0.717) is 18.5 Å². The van der Waals surface area contributed by atoms with Gasteiger partial charge in [-0.15, -0.1) is 0 Å². The van der Waals surface area contributed by atoms with Gasteiger partial charge in [0.1, 0.15) is 12.2 Å². The van der Waals surface area contributed by atoms with E-state index in [-0.39, 0.29) is 19.1 Å². The molecule has 4 aromatic carbocycles. The number of nitrogens with zero attached hydrogens (tertiary/aromatic N) is 3. The Bertz CT molecular complexity index is 1640. The van der Waals surface area contributed by atoms with Crippen molar-refractivity contribution in [3.63, 3.8) is 0 Å². The highest BCUT2D eigenvalue weighted by atomic mass is 16.3. The van der Waals surface area contributed by atoms with Crippen molar-refractivity contribution in [3.8, 4) is 0 Å². The summed E-state index contributed by atoms with van der Waals surface area (Å²) >= 11 is 0. The van der Waals surface area contributed by atoms with Gasteiger partial charge in [-0.3, -0.25) is 5.10 Å². The van der Waals surface area contributed by atoms with Gasteiger partial charge in [0.05, 0.1) is 23.8 Å². The monoisotopic (exact) mass is 561 g/mol. The molecular weight excluding hydrogens is 526 g/mol. The quantitative estimate of drug-likeness (QED) is 0.208. The molecule has 8 heteroatoms. The molecule has 5 N–H and O–H groups in total. The van der Waals surface area contributed by atoms with Crippen LogP contribution in [0.3, 0.4) is 0 Å². The van der Waals surface area contributed by atoms with E-state index in [2.05, 4.69) is 10.2 Å². The Kier molecular flexibility index (Phi) is 7.90. The Morgan fingerprint density at radius 3 is 1.81 bits per heavy atom. The first-order valence-corrected chi connectivity index (χ1v) is 14.2. The molecule has 1 fully saturated rings. The van der Waals surface area contributed by atoms with Gasteiger partial charge >= 0.3 is 6.03 Å². The van der Waals surface area contributed by atoms with Crippen LogP contribution in [0, 0.1) is 0 Å². The number of hydrogen-bond donors (Lipinski definition) is 4. The molecule has 0 bridgehead atoms. The number of nitrogens with two attached hydrogens (primary N) is 1. The largest absolute Gasteiger partial charge is 0.399 e. The molecule has 5 aromatic rings. The molecule has 1 aliphatic heterocycles. The first-order valence-electron chi connectivity index (χ1n) is 14.2. The topological polar surface area (TPSA) is 119 Å². The summed E-state index contributed by atoms with van der Waals surface area (Å²) in [5.41, 5.74) is 11.3. The van der Waals surface area contributed by atoms with Crippen molar-refractivity contribution in [1.82, 2.24) is 20.0 Å². The Morgan fingerprint density at radius 1 is 0.690 bits per heavy atom. The predicted molar refractivity (Wildman–Crippen MR) is 163 cm³/mol. The summed E-state index contributed by atoms with van der Waals surface area (Å²) in [7, 11) is 0. The molecule has 0 aliphatic carbocycles. The number of benzene rings is 4. The Hall–Kier alpha value is -4.66. The number of aliphatic hydroxyl groups excluding tert-OH is 2. The molecular formula is C34H35N5O3. The third kappa shape index (κ3) is 5.86. The highest BCUT2D eigenvalue weighted by Crippen LogP contribution is 2.30. The summed E-state index contributed by atoms with van der Waals surface area (Å²) in [4.78, 5) is 18.2. The average molecular weight is 562 g/mol. The fourth-order valence-electron chi connectivity index (χ4n) is 5.99. The number of urea groups is 1. The SMILES string of the molecule is Nc1cccc(CN2C(=O)N(Cc3ccc4[nH]ncc4c3)C(Cc3ccccc3)C(O)C(O)C2Cc2ccccc2)c1. The van der Waals surface area contributed by atoms with Crippen LogP contribution in [0.15, 0.2) is 109 Å². The van der Waals surface area contributed by atoms with E-state index in [1.165, 1.54) is 0 Å². The number of hydrogen-bond acceptors (Lipinski definition) is 5. The van der Waals surface area contributed by atoms with Crippen molar-refractivity contribution >= 4 is 22.6 Å². The summed E-state index contributed by atoms with van der Waals surface area (Å²) in [5.74, 6) is 0. The molecule has 2 heterocycles. The molecule has 2 amide bonds. The van der Waals surface area contributed by atoms with Gasteiger partial charge in [-0.05, 0) is 59.4 Å². The van der Waals surface area contributed by atoms with Crippen LogP contribution in [0.5, 0.6) is 0 Å². The summed E-state index contributed by atoms with van der Waals surface area (Å²) in [6, 6.07) is 31.3. The molecule has 0 radical (unpaired) electrons. The van der Waals surface area contributed by atoms with Crippen LogP contribution in [-0.2, 0) is 25.9 Å². The van der Waals surface area contributed by atoms with Gasteiger partial charge in [0.15, 0.2) is 0 Å². The second kappa shape index (κ2) is 12.1. The first kappa shape index (κ1) is 27.5. The number of carbonyl (C=O) groups is 1. The normalized spacial score (nSPS) is 21.0. The smallest absolute Gasteiger partial charge is 0.321 e. The third-order valence-electron chi connectivity index (χ3n) is 8.17. The predicted octanol–water partition coefficient (Wildman–Crippen LogP) is 4.53. The zero-order valence-electron chi connectivity index (χ0n) is 23.3. The minimum absolute atomic E-state index is 0.237. The lowest BCUT2D eigenvalue weighted by Crippen LogP contribution is -2.50. The Balaban J connectivity index is 1.43. The Labute approximate surface area is 245 Å². The molecule has 4 atom stereocenters. The number of nitrogen functional groups attached to an aromatic ring is 1. The van der Waals surface area contributed by atoms with Gasteiger partial charge in [0.2, 0.25) is 0 Å². The molecule has 6 rings (SSSR count). The second-order valence-corrected chi connectivity index (χ2v) is 11.1. The van der Waals surface area contributed by atoms with Crippen LogP contribution >= 0.6 is 0 Å². The van der Waals surface area contributed by atoms with Gasteiger partial charge in [-0.2, -0.15) is 5.10 Å². The van der Waals surface area contributed by atoms with Gasteiger partial charge in [0.25, 0.3) is 0 Å². The van der Waals surface area contributed by atoms with E-state index in [1.807, 2.05) is 103 Å². The van der Waals surface area contributed by atoms with Crippen LogP contribution in [0.2, 0.25) is 0 Å². The van der Waals surface area contributed by atoms with Crippen molar-refractivity contribution in [2.45, 2.75) is 50.2 Å². The van der Waals surface area contributed by atoms with Crippen LogP contribution < -0.4 is 5.73 Å². The third-order valence-corrected chi connectivity index (χ3v) is 8.17. The summed E-state index contributed by atoms with van der Waals surface area (Å²) in [6.07, 6.45) is 0.158. The van der Waals surface area contributed by atoms with Gasteiger partial charge < -0.3 is 25.7 Å². The lowest BCUT2D eigenvalue weighted by Gasteiger charge is -2.36. The maximum Gasteiger partial charge on any atom is 0.321 e. The number of aromatic nitrogens is 2. The number of amides is 2. The fraction of sp³-hybridized carbons (Fsp3) is 0.235. The number of carbonyl (C=O) groups excluding carboxylic acids is 1. The zero-order chi connectivity index (χ0) is 29.1. The highest BCUT2D eigenvalue weighted by molar-refractivity contribution is 5.79. The number of aliphatic hydroxyl groups is 2. The second-order valence-electron chi connectivity index (χ2n) is 11.1. The maximum absolute atomic E-state index is 14.7. The number of nitrogens with one attached hydrogen (secondary N) is 1. The van der Waals surface area contributed by atoms with Crippen molar-refractivity contribution in [3.05, 3.63) is 132 Å². The summed E-state index contributed by atoms with van der Waals surface area (Å²) in [5, 5.41) is 31.7. The number of aromatic amines is 1. The first-order chi connectivity index (χ1) is 20.5. The minimum atomic E-state index is -1.19. The number of anilines is 1. The number of fused-ring (bicyclic) bond motifs is 1. The van der Waals surface area contributed by atoms with Gasteiger partial charge in [0, 0.05) is 24.2 Å². The lowest BCUT2D eigenvalue weighted by molar-refractivity contribution is -0.0408. The van der Waals surface area contributed by atoms with E-state index < -0.39 is 24.3 Å². The summed E-state index contributed by atoms with van der Waals surface area (Å²) in [6.45, 7) is 0.493. The van der Waals surface area contributed by atoms with Crippen LogP contribution in [-0.4, -0.2) is 60.5 Å². The maximum atomic E-state index is 14.7. The number of rotatable bonds is 8. The number of H-pyrrole nitrogens is 1. The summed E-state index contributed by atoms with van der Waals surface area (Å²) < 4.78 is 0. The zero-order valence-corrected chi connectivity index (χ0v) is 23.3. The molecule has 0 saturated carbocycles. The molecule has 1 saturated heterocycles. The molecule has 1 aliphatic rings. The fourth-order valence-corrected chi connectivity index (χ4v) is 5.99. The van der Waals surface area contributed by atoms with Crippen LogP contribution in [0.25, 0.3) is 10.9 Å².